The number of likely N-dealkylation sites (tertiary alicyclic amines) is 1. The lowest BCUT2D eigenvalue weighted by Crippen LogP contribution is -2.48. The van der Waals surface area contributed by atoms with E-state index in [9.17, 15) is 14.0 Å². The molecule has 1 heterocycles. The van der Waals surface area contributed by atoms with Crippen molar-refractivity contribution >= 4 is 11.8 Å². The van der Waals surface area contributed by atoms with Gasteiger partial charge in [0.15, 0.2) is 0 Å². The number of nitrogens with zero attached hydrogens (tertiary/aromatic N) is 1. The van der Waals surface area contributed by atoms with Crippen molar-refractivity contribution in [1.82, 2.24) is 10.2 Å². The number of halogens is 1. The van der Waals surface area contributed by atoms with Crippen LogP contribution in [0.25, 0.3) is 0 Å². The third kappa shape index (κ3) is 4.58. The second-order valence-corrected chi connectivity index (χ2v) is 7.48. The Balaban J connectivity index is 1.85. The van der Waals surface area contributed by atoms with Crippen molar-refractivity contribution in [3.8, 4) is 0 Å². The third-order valence-corrected chi connectivity index (χ3v) is 5.49. The molecular formula is C23H27FN2O2. The minimum absolute atomic E-state index is 0.00207. The SMILES string of the molecule is CCC(C)NC(=O)C1CCC(c2ccc(F)cc2)N(C(=O)c2ccccc2)C1. The van der Waals surface area contributed by atoms with Gasteiger partial charge >= 0.3 is 0 Å². The van der Waals surface area contributed by atoms with E-state index in [1.807, 2.05) is 32.0 Å². The van der Waals surface area contributed by atoms with Crippen molar-refractivity contribution in [2.75, 3.05) is 6.54 Å². The standard InChI is InChI=1S/C23H27FN2O2/c1-3-16(2)25-22(27)19-11-14-21(17-9-12-20(24)13-10-17)26(15-19)23(28)18-7-5-4-6-8-18/h4-10,12-13,16,19,21H,3,11,14-15H2,1-2H3,(H,25,27). The van der Waals surface area contributed by atoms with Gasteiger partial charge in [-0.1, -0.05) is 37.3 Å². The lowest BCUT2D eigenvalue weighted by Gasteiger charge is -2.40. The zero-order valence-corrected chi connectivity index (χ0v) is 16.4. The van der Waals surface area contributed by atoms with Gasteiger partial charge in [0, 0.05) is 18.2 Å². The summed E-state index contributed by atoms with van der Waals surface area (Å²) in [5.74, 6) is -0.640. The first-order valence-corrected chi connectivity index (χ1v) is 9.91. The van der Waals surface area contributed by atoms with Crippen molar-refractivity contribution in [2.45, 2.75) is 45.2 Å². The molecule has 2 amide bonds. The molecule has 3 atom stereocenters. The maximum absolute atomic E-state index is 13.4. The van der Waals surface area contributed by atoms with Gasteiger partial charge in [0.05, 0.1) is 12.0 Å². The Morgan fingerprint density at radius 1 is 1.11 bits per heavy atom. The van der Waals surface area contributed by atoms with E-state index in [0.29, 0.717) is 24.9 Å². The number of hydrogen-bond acceptors (Lipinski definition) is 2. The first kappa shape index (κ1) is 20.1. The summed E-state index contributed by atoms with van der Waals surface area (Å²) in [4.78, 5) is 27.6. The Morgan fingerprint density at radius 2 is 1.79 bits per heavy atom. The summed E-state index contributed by atoms with van der Waals surface area (Å²) in [6.45, 7) is 4.37. The Kier molecular flexibility index (Phi) is 6.45. The number of benzene rings is 2. The molecule has 2 aromatic rings. The van der Waals surface area contributed by atoms with Crippen LogP contribution in [0.4, 0.5) is 4.39 Å². The lowest BCUT2D eigenvalue weighted by atomic mass is 9.87. The molecule has 0 radical (unpaired) electrons. The van der Waals surface area contributed by atoms with Crippen LogP contribution in [0.2, 0.25) is 0 Å². The summed E-state index contributed by atoms with van der Waals surface area (Å²) >= 11 is 0. The number of hydrogen-bond donors (Lipinski definition) is 1. The predicted molar refractivity (Wildman–Crippen MR) is 107 cm³/mol. The van der Waals surface area contributed by atoms with Crippen molar-refractivity contribution in [2.24, 2.45) is 5.92 Å². The zero-order chi connectivity index (χ0) is 20.1. The Hall–Kier alpha value is -2.69. The van der Waals surface area contributed by atoms with Gasteiger partial charge in [-0.05, 0) is 56.0 Å². The van der Waals surface area contributed by atoms with Crippen LogP contribution < -0.4 is 5.32 Å². The molecule has 0 aliphatic carbocycles. The number of amides is 2. The highest BCUT2D eigenvalue weighted by atomic mass is 19.1. The fraction of sp³-hybridized carbons (Fsp3) is 0.391. The van der Waals surface area contributed by atoms with E-state index in [2.05, 4.69) is 5.32 Å². The van der Waals surface area contributed by atoms with E-state index in [0.717, 1.165) is 12.0 Å². The van der Waals surface area contributed by atoms with Gasteiger partial charge in [-0.15, -0.1) is 0 Å². The first-order chi connectivity index (χ1) is 13.5. The highest BCUT2D eigenvalue weighted by molar-refractivity contribution is 5.95. The predicted octanol–water partition coefficient (Wildman–Crippen LogP) is 4.33. The molecule has 3 rings (SSSR count). The molecule has 0 saturated carbocycles. The Bertz CT molecular complexity index is 807. The van der Waals surface area contributed by atoms with Gasteiger partial charge in [-0.3, -0.25) is 9.59 Å². The van der Waals surface area contributed by atoms with Gasteiger partial charge in [-0.2, -0.15) is 0 Å². The van der Waals surface area contributed by atoms with Gasteiger partial charge < -0.3 is 10.2 Å². The molecule has 0 spiro atoms. The Morgan fingerprint density at radius 3 is 2.43 bits per heavy atom. The third-order valence-electron chi connectivity index (χ3n) is 5.49. The van der Waals surface area contributed by atoms with Crippen LogP contribution in [-0.4, -0.2) is 29.3 Å². The molecule has 1 N–H and O–H groups in total. The molecule has 5 heteroatoms. The molecule has 2 aromatic carbocycles. The van der Waals surface area contributed by atoms with Crippen LogP contribution in [0.15, 0.2) is 54.6 Å². The largest absolute Gasteiger partial charge is 0.353 e. The monoisotopic (exact) mass is 382 g/mol. The smallest absolute Gasteiger partial charge is 0.254 e. The maximum atomic E-state index is 13.4. The highest BCUT2D eigenvalue weighted by Gasteiger charge is 2.36. The van der Waals surface area contributed by atoms with E-state index in [-0.39, 0.29) is 35.6 Å². The quantitative estimate of drug-likeness (QED) is 0.837. The number of nitrogens with one attached hydrogen (secondary N) is 1. The van der Waals surface area contributed by atoms with Crippen LogP contribution in [-0.2, 0) is 4.79 Å². The van der Waals surface area contributed by atoms with Gasteiger partial charge in [0.2, 0.25) is 5.91 Å². The topological polar surface area (TPSA) is 49.4 Å². The van der Waals surface area contributed by atoms with Gasteiger partial charge in [0.1, 0.15) is 5.82 Å². The van der Waals surface area contributed by atoms with E-state index in [1.165, 1.54) is 12.1 Å². The molecule has 1 aliphatic rings. The molecule has 1 saturated heterocycles. The second kappa shape index (κ2) is 9.00. The number of piperidine rings is 1. The normalized spacial score (nSPS) is 20.5. The van der Waals surface area contributed by atoms with E-state index >= 15 is 0 Å². The summed E-state index contributed by atoms with van der Waals surface area (Å²) < 4.78 is 13.4. The van der Waals surface area contributed by atoms with Crippen molar-refractivity contribution in [1.29, 1.82) is 0 Å². The first-order valence-electron chi connectivity index (χ1n) is 9.91. The van der Waals surface area contributed by atoms with Crippen LogP contribution in [0.3, 0.4) is 0 Å². The number of rotatable bonds is 5. The average molecular weight is 382 g/mol. The van der Waals surface area contributed by atoms with Crippen molar-refractivity contribution < 1.29 is 14.0 Å². The lowest BCUT2D eigenvalue weighted by molar-refractivity contribution is -0.127. The van der Waals surface area contributed by atoms with Crippen molar-refractivity contribution in [3.05, 3.63) is 71.5 Å². The summed E-state index contributed by atoms with van der Waals surface area (Å²) in [6.07, 6.45) is 2.23. The minimum Gasteiger partial charge on any atom is -0.353 e. The molecule has 3 unspecified atom stereocenters. The maximum Gasteiger partial charge on any atom is 0.254 e. The highest BCUT2D eigenvalue weighted by Crippen LogP contribution is 2.34. The van der Waals surface area contributed by atoms with Crippen LogP contribution in [0, 0.1) is 11.7 Å². The molecule has 0 aromatic heterocycles. The molecular weight excluding hydrogens is 355 g/mol. The summed E-state index contributed by atoms with van der Waals surface area (Å²) in [5, 5.41) is 3.03. The molecule has 4 nitrogen and oxygen atoms in total. The fourth-order valence-electron chi connectivity index (χ4n) is 3.65. The number of carbonyl (C=O) groups is 2. The van der Waals surface area contributed by atoms with Crippen LogP contribution >= 0.6 is 0 Å². The number of carbonyl (C=O) groups excluding carboxylic acids is 2. The molecule has 1 fully saturated rings. The second-order valence-electron chi connectivity index (χ2n) is 7.48. The summed E-state index contributed by atoms with van der Waals surface area (Å²) in [6, 6.07) is 15.3. The molecule has 0 bridgehead atoms. The van der Waals surface area contributed by atoms with E-state index in [4.69, 9.17) is 0 Å². The summed E-state index contributed by atoms with van der Waals surface area (Å²) in [7, 11) is 0. The molecule has 28 heavy (non-hydrogen) atoms. The zero-order valence-electron chi connectivity index (χ0n) is 16.4. The van der Waals surface area contributed by atoms with E-state index < -0.39 is 0 Å². The molecule has 1 aliphatic heterocycles. The van der Waals surface area contributed by atoms with Crippen LogP contribution in [0.1, 0.15) is 55.1 Å². The fourth-order valence-corrected chi connectivity index (χ4v) is 3.65. The van der Waals surface area contributed by atoms with Crippen LogP contribution in [0.5, 0.6) is 0 Å². The van der Waals surface area contributed by atoms with Crippen molar-refractivity contribution in [3.63, 3.8) is 0 Å². The average Bonchev–Trinajstić information content (AvgIpc) is 2.74. The van der Waals surface area contributed by atoms with Gasteiger partial charge in [0.25, 0.3) is 5.91 Å². The molecule has 148 valence electrons. The Labute approximate surface area is 165 Å². The van der Waals surface area contributed by atoms with Gasteiger partial charge in [-0.25, -0.2) is 4.39 Å². The van der Waals surface area contributed by atoms with E-state index in [1.54, 1.807) is 29.2 Å². The minimum atomic E-state index is -0.300. The summed E-state index contributed by atoms with van der Waals surface area (Å²) in [5.41, 5.74) is 1.49.